The molecule has 0 aliphatic heterocycles. The molecule has 148 valence electrons. The second-order valence-corrected chi connectivity index (χ2v) is 7.81. The molecule has 5 nitrogen and oxygen atoms in total. The predicted molar refractivity (Wildman–Crippen MR) is 117 cm³/mol. The van der Waals surface area contributed by atoms with Crippen molar-refractivity contribution >= 4 is 35.0 Å². The average molecular weight is 399 g/mol. The smallest absolute Gasteiger partial charge is 0.279 e. The van der Waals surface area contributed by atoms with Gasteiger partial charge in [0.2, 0.25) is 0 Å². The van der Waals surface area contributed by atoms with Gasteiger partial charge >= 0.3 is 0 Å². The van der Waals surface area contributed by atoms with Crippen molar-refractivity contribution in [3.05, 3.63) is 66.2 Å². The number of rotatable bonds is 9. The van der Waals surface area contributed by atoms with E-state index in [0.717, 1.165) is 38.0 Å². The van der Waals surface area contributed by atoms with Crippen molar-refractivity contribution in [2.24, 2.45) is 0 Å². The van der Waals surface area contributed by atoms with E-state index in [1.165, 1.54) is 0 Å². The molecule has 0 aliphatic carbocycles. The molecule has 2 aromatic rings. The van der Waals surface area contributed by atoms with Crippen LogP contribution in [0.2, 0.25) is 0 Å². The highest BCUT2D eigenvalue weighted by Crippen LogP contribution is 2.26. The van der Waals surface area contributed by atoms with Crippen LogP contribution in [0.4, 0.5) is 11.4 Å². The lowest BCUT2D eigenvalue weighted by atomic mass is 10.1. The molecule has 0 radical (unpaired) electrons. The van der Waals surface area contributed by atoms with Crippen molar-refractivity contribution in [2.75, 3.05) is 36.5 Å². The van der Waals surface area contributed by atoms with Gasteiger partial charge in [0.1, 0.15) is 0 Å². The summed E-state index contributed by atoms with van der Waals surface area (Å²) in [6, 6.07) is 13.5. The number of thioether (sulfide) groups is 1. The van der Waals surface area contributed by atoms with Gasteiger partial charge in [-0.05, 0) is 43.2 Å². The van der Waals surface area contributed by atoms with Gasteiger partial charge in [-0.3, -0.25) is 9.59 Å². The van der Waals surface area contributed by atoms with Gasteiger partial charge in [-0.15, -0.1) is 18.3 Å². The summed E-state index contributed by atoms with van der Waals surface area (Å²) in [6.45, 7) is 8.14. The molecule has 3 N–H and O–H groups in total. The Balaban J connectivity index is 1.88. The topological polar surface area (TPSA) is 62.6 Å². The van der Waals surface area contributed by atoms with Crippen molar-refractivity contribution in [2.45, 2.75) is 18.7 Å². The lowest BCUT2D eigenvalue weighted by molar-refractivity contribution is -0.862. The van der Waals surface area contributed by atoms with E-state index in [-0.39, 0.29) is 24.9 Å². The summed E-state index contributed by atoms with van der Waals surface area (Å²) in [5.41, 5.74) is 3.79. The van der Waals surface area contributed by atoms with E-state index in [0.29, 0.717) is 0 Å². The monoisotopic (exact) mass is 398 g/mol. The molecule has 2 rings (SSSR count). The third kappa shape index (κ3) is 6.55. The molecule has 0 saturated carbocycles. The summed E-state index contributed by atoms with van der Waals surface area (Å²) in [7, 11) is 1.83. The van der Waals surface area contributed by atoms with Crippen LogP contribution in [0.25, 0.3) is 0 Å². The molecule has 0 aliphatic rings. The number of aryl methyl sites for hydroxylation is 1. The molecule has 0 bridgehead atoms. The van der Waals surface area contributed by atoms with Crippen LogP contribution in [0.15, 0.2) is 60.0 Å². The number of nitrogens with one attached hydrogen (secondary N) is 3. The highest BCUT2D eigenvalue weighted by atomic mass is 32.2. The van der Waals surface area contributed by atoms with Crippen molar-refractivity contribution < 1.29 is 14.5 Å². The van der Waals surface area contributed by atoms with Gasteiger partial charge in [0.15, 0.2) is 13.1 Å². The zero-order valence-electron chi connectivity index (χ0n) is 16.7. The Morgan fingerprint density at radius 1 is 1.00 bits per heavy atom. The quantitative estimate of drug-likeness (QED) is 0.450. The second-order valence-electron chi connectivity index (χ2n) is 6.75. The van der Waals surface area contributed by atoms with Gasteiger partial charge in [0.05, 0.1) is 12.7 Å². The zero-order chi connectivity index (χ0) is 20.5. The normalized spacial score (nSPS) is 11.5. The third-order valence-electron chi connectivity index (χ3n) is 4.32. The van der Waals surface area contributed by atoms with E-state index in [9.17, 15) is 9.59 Å². The molecule has 0 spiro atoms. The highest BCUT2D eigenvalue weighted by molar-refractivity contribution is 7.99. The van der Waals surface area contributed by atoms with Crippen LogP contribution in [0.3, 0.4) is 0 Å². The van der Waals surface area contributed by atoms with E-state index in [1.54, 1.807) is 11.8 Å². The number of benzene rings is 2. The zero-order valence-corrected chi connectivity index (χ0v) is 17.5. The molecule has 0 aromatic heterocycles. The largest absolute Gasteiger partial charge is 0.322 e. The number of likely N-dealkylation sites (N-methyl/N-ethyl adjacent to an activating group) is 1. The summed E-state index contributed by atoms with van der Waals surface area (Å²) in [6.07, 6.45) is 1.83. The van der Waals surface area contributed by atoms with Crippen LogP contribution in [-0.2, 0) is 9.59 Å². The Morgan fingerprint density at radius 3 is 2.29 bits per heavy atom. The fourth-order valence-electron chi connectivity index (χ4n) is 2.73. The predicted octanol–water partition coefficient (Wildman–Crippen LogP) is 2.67. The highest BCUT2D eigenvalue weighted by Gasteiger charge is 2.16. The lowest BCUT2D eigenvalue weighted by Crippen LogP contribution is -3.11. The number of anilines is 2. The summed E-state index contributed by atoms with van der Waals surface area (Å²) in [4.78, 5) is 26.5. The maximum Gasteiger partial charge on any atom is 0.279 e. The summed E-state index contributed by atoms with van der Waals surface area (Å²) >= 11 is 1.62. The molecule has 0 heterocycles. The first-order valence-electron chi connectivity index (χ1n) is 9.20. The molecule has 0 fully saturated rings. The van der Waals surface area contributed by atoms with Crippen molar-refractivity contribution in [1.29, 1.82) is 0 Å². The van der Waals surface area contributed by atoms with Gasteiger partial charge in [-0.2, -0.15) is 0 Å². The van der Waals surface area contributed by atoms with Crippen LogP contribution in [-0.4, -0.2) is 37.7 Å². The molecule has 0 saturated heterocycles. The van der Waals surface area contributed by atoms with Crippen molar-refractivity contribution in [1.82, 2.24) is 0 Å². The van der Waals surface area contributed by atoms with E-state index in [1.807, 2.05) is 69.4 Å². The number of amides is 2. The molecular formula is C22H28N3O2S+. The maximum atomic E-state index is 12.4. The second kappa shape index (κ2) is 10.7. The standard InChI is InChI=1S/C22H27N3O2S/c1-5-13-28-20-12-7-6-10-19(20)24-22(27)15-25(4)14-21(26)23-18-11-8-9-16(2)17(18)3/h5-12H,1,13-15H2,2-4H3,(H,23,26)(H,24,27)/p+1. The number of hydrogen-bond acceptors (Lipinski definition) is 3. The molecule has 28 heavy (non-hydrogen) atoms. The average Bonchev–Trinajstić information content (AvgIpc) is 2.64. The minimum atomic E-state index is -0.122. The first-order valence-corrected chi connectivity index (χ1v) is 10.2. The molecule has 1 unspecified atom stereocenters. The van der Waals surface area contributed by atoms with Crippen LogP contribution in [0.1, 0.15) is 11.1 Å². The van der Waals surface area contributed by atoms with E-state index >= 15 is 0 Å². The Kier molecular flexibility index (Phi) is 8.29. The van der Waals surface area contributed by atoms with Gasteiger partial charge in [0, 0.05) is 16.3 Å². The summed E-state index contributed by atoms with van der Waals surface area (Å²) in [5.74, 6) is 0.543. The molecule has 1 atom stereocenters. The Labute approximate surface area is 171 Å². The van der Waals surface area contributed by atoms with Crippen molar-refractivity contribution in [3.63, 3.8) is 0 Å². The minimum absolute atomic E-state index is 0.110. The first-order chi connectivity index (χ1) is 13.4. The number of hydrogen-bond donors (Lipinski definition) is 3. The number of carbonyl (C=O) groups excluding carboxylic acids is 2. The van der Waals surface area contributed by atoms with Crippen molar-refractivity contribution in [3.8, 4) is 0 Å². The molecular weight excluding hydrogens is 370 g/mol. The van der Waals surface area contributed by atoms with Gasteiger partial charge in [-0.25, -0.2) is 0 Å². The van der Waals surface area contributed by atoms with Crippen LogP contribution in [0.5, 0.6) is 0 Å². The minimum Gasteiger partial charge on any atom is -0.322 e. The maximum absolute atomic E-state index is 12.4. The number of carbonyl (C=O) groups is 2. The number of para-hydroxylation sites is 1. The van der Waals surface area contributed by atoms with Gasteiger partial charge in [0.25, 0.3) is 11.8 Å². The summed E-state index contributed by atoms with van der Waals surface area (Å²) in [5, 5.41) is 5.88. The van der Waals surface area contributed by atoms with Crippen LogP contribution >= 0.6 is 11.8 Å². The van der Waals surface area contributed by atoms with Crippen LogP contribution in [0, 0.1) is 13.8 Å². The fraction of sp³-hybridized carbons (Fsp3) is 0.273. The first kappa shape index (κ1) is 21.7. The summed E-state index contributed by atoms with van der Waals surface area (Å²) < 4.78 is 0. The molecule has 2 amide bonds. The number of quaternary nitrogens is 1. The van der Waals surface area contributed by atoms with E-state index in [2.05, 4.69) is 17.2 Å². The molecule has 2 aromatic carbocycles. The van der Waals surface area contributed by atoms with Gasteiger partial charge in [-0.1, -0.05) is 30.3 Å². The lowest BCUT2D eigenvalue weighted by Gasteiger charge is -2.16. The van der Waals surface area contributed by atoms with E-state index in [4.69, 9.17) is 0 Å². The van der Waals surface area contributed by atoms with E-state index < -0.39 is 0 Å². The fourth-order valence-corrected chi connectivity index (χ4v) is 3.48. The molecule has 6 heteroatoms. The SMILES string of the molecule is C=CCSc1ccccc1NC(=O)C[NH+](C)CC(=O)Nc1cccc(C)c1C. The van der Waals surface area contributed by atoms with Crippen LogP contribution < -0.4 is 15.5 Å². The Morgan fingerprint density at radius 2 is 1.61 bits per heavy atom. The van der Waals surface area contributed by atoms with Gasteiger partial charge < -0.3 is 15.5 Å². The Hall–Kier alpha value is -2.57. The Bertz CT molecular complexity index is 851. The third-order valence-corrected chi connectivity index (χ3v) is 5.39.